The molecular weight excluding hydrogens is 489 g/mol. The number of hydrogen-bond donors (Lipinski definition) is 4. The molecular formula is C27H30FN7O3. The smallest absolute Gasteiger partial charge is 0.230 e. The molecule has 0 saturated carbocycles. The fraction of sp³-hybridized carbons (Fsp3) is 0.333. The van der Waals surface area contributed by atoms with Crippen LogP contribution in [-0.4, -0.2) is 68.4 Å². The number of likely N-dealkylation sites (tertiary alicyclic amines) is 1. The second-order valence-corrected chi connectivity index (χ2v) is 9.27. The zero-order valence-corrected chi connectivity index (χ0v) is 20.9. The predicted molar refractivity (Wildman–Crippen MR) is 142 cm³/mol. The fourth-order valence-electron chi connectivity index (χ4n) is 4.58. The number of nitrogens with one attached hydrogen (secondary N) is 3. The molecule has 10 nitrogen and oxygen atoms in total. The molecule has 1 aliphatic heterocycles. The van der Waals surface area contributed by atoms with E-state index in [0.29, 0.717) is 29.8 Å². The minimum absolute atomic E-state index is 0.0445. The van der Waals surface area contributed by atoms with E-state index in [1.54, 1.807) is 18.3 Å². The van der Waals surface area contributed by atoms with Crippen molar-refractivity contribution >= 4 is 34.3 Å². The van der Waals surface area contributed by atoms with Crippen LogP contribution in [0, 0.1) is 5.82 Å². The van der Waals surface area contributed by atoms with Crippen LogP contribution in [0.4, 0.5) is 21.8 Å². The van der Waals surface area contributed by atoms with E-state index < -0.39 is 5.82 Å². The average molecular weight is 520 g/mol. The monoisotopic (exact) mass is 519 g/mol. The van der Waals surface area contributed by atoms with Gasteiger partial charge in [0.2, 0.25) is 11.9 Å². The first kappa shape index (κ1) is 25.6. The molecule has 2 aromatic carbocycles. The molecule has 0 bridgehead atoms. The van der Waals surface area contributed by atoms with Gasteiger partial charge in [0.1, 0.15) is 11.6 Å². The minimum Gasteiger partial charge on any atom is -0.493 e. The van der Waals surface area contributed by atoms with Crippen LogP contribution in [0.3, 0.4) is 0 Å². The molecule has 4 N–H and O–H groups in total. The van der Waals surface area contributed by atoms with Gasteiger partial charge < -0.3 is 20.5 Å². The number of aromatic amines is 1. The van der Waals surface area contributed by atoms with Gasteiger partial charge in [0.25, 0.3) is 0 Å². The second kappa shape index (κ2) is 12.0. The molecule has 38 heavy (non-hydrogen) atoms. The van der Waals surface area contributed by atoms with Gasteiger partial charge in [-0.05, 0) is 56.1 Å². The number of fused-ring (bicyclic) bond motifs is 1. The molecule has 2 aromatic heterocycles. The maximum atomic E-state index is 13.3. The number of carbonyl (C=O) groups excluding carboxylic acids is 1. The van der Waals surface area contributed by atoms with Crippen molar-refractivity contribution in [3.63, 3.8) is 0 Å². The number of aliphatic hydroxyl groups is 1. The maximum Gasteiger partial charge on any atom is 0.230 e. The van der Waals surface area contributed by atoms with Gasteiger partial charge in [0, 0.05) is 47.7 Å². The Balaban J connectivity index is 1.14. The van der Waals surface area contributed by atoms with Crippen molar-refractivity contribution in [1.82, 2.24) is 25.1 Å². The van der Waals surface area contributed by atoms with Gasteiger partial charge in [0.05, 0.1) is 25.2 Å². The van der Waals surface area contributed by atoms with E-state index in [1.165, 1.54) is 18.2 Å². The number of H-pyrrole nitrogens is 1. The van der Waals surface area contributed by atoms with Crippen LogP contribution >= 0.6 is 0 Å². The average Bonchev–Trinajstić information content (AvgIpc) is 3.55. The van der Waals surface area contributed by atoms with Crippen LogP contribution in [0.5, 0.6) is 5.75 Å². The van der Waals surface area contributed by atoms with Crippen LogP contribution in [0.2, 0.25) is 0 Å². The third-order valence-electron chi connectivity index (χ3n) is 6.45. The summed E-state index contributed by atoms with van der Waals surface area (Å²) in [5, 5.41) is 23.0. The molecule has 1 aliphatic rings. The summed E-state index contributed by atoms with van der Waals surface area (Å²) in [6, 6.07) is 13.4. The Labute approximate surface area is 219 Å². The molecule has 1 amide bonds. The highest BCUT2D eigenvalue weighted by molar-refractivity contribution is 5.92. The lowest BCUT2D eigenvalue weighted by atomic mass is 10.2. The summed E-state index contributed by atoms with van der Waals surface area (Å²) in [6.45, 7) is 2.74. The first-order valence-electron chi connectivity index (χ1n) is 12.7. The number of hydrogen-bond acceptors (Lipinski definition) is 8. The Bertz CT molecular complexity index is 1400. The summed E-state index contributed by atoms with van der Waals surface area (Å²) >= 11 is 0. The first-order valence-corrected chi connectivity index (χ1v) is 12.7. The molecule has 5 rings (SSSR count). The number of aliphatic hydroxyl groups excluding tert-OH is 1. The SMILES string of the molecule is O=C(Cc1cc(Nc2ncc3ccc(OCCCN4CCC[C@H]4CO)cc3n2)n[nH]1)Nc1cccc(F)c1. The quantitative estimate of drug-likeness (QED) is 0.221. The lowest BCUT2D eigenvalue weighted by molar-refractivity contribution is -0.115. The standard InChI is InChI=1S/C27H30FN7O3/c28-19-4-1-5-20(12-19)30-26(37)14-21-13-25(34-33-21)32-27-29-16-18-7-8-23(15-24(18)31-27)38-11-3-10-35-9-2-6-22(35)17-36/h1,4-5,7-8,12-13,15-16,22,36H,2-3,6,9-11,14,17H2,(H,30,37)(H2,29,31,32,33,34)/t22-/m0/s1. The summed E-state index contributed by atoms with van der Waals surface area (Å²) in [5.41, 5.74) is 1.70. The number of nitrogens with zero attached hydrogens (tertiary/aromatic N) is 4. The first-order chi connectivity index (χ1) is 18.6. The second-order valence-electron chi connectivity index (χ2n) is 9.27. The van der Waals surface area contributed by atoms with E-state index in [-0.39, 0.29) is 25.0 Å². The molecule has 4 aromatic rings. The number of aromatic nitrogens is 4. The van der Waals surface area contributed by atoms with E-state index >= 15 is 0 Å². The molecule has 1 fully saturated rings. The van der Waals surface area contributed by atoms with Gasteiger partial charge in [-0.2, -0.15) is 5.10 Å². The number of carbonyl (C=O) groups is 1. The fourth-order valence-corrected chi connectivity index (χ4v) is 4.58. The van der Waals surface area contributed by atoms with Crippen molar-refractivity contribution < 1.29 is 19.0 Å². The van der Waals surface area contributed by atoms with Crippen molar-refractivity contribution in [2.75, 3.05) is 36.9 Å². The highest BCUT2D eigenvalue weighted by Crippen LogP contribution is 2.22. The van der Waals surface area contributed by atoms with Crippen LogP contribution in [0.25, 0.3) is 10.9 Å². The van der Waals surface area contributed by atoms with Crippen molar-refractivity contribution in [1.29, 1.82) is 0 Å². The summed E-state index contributed by atoms with van der Waals surface area (Å²) in [5.74, 6) is 0.844. The van der Waals surface area contributed by atoms with Crippen molar-refractivity contribution in [3.05, 3.63) is 66.2 Å². The Morgan fingerprint density at radius 3 is 3.03 bits per heavy atom. The Morgan fingerprint density at radius 2 is 2.16 bits per heavy atom. The van der Waals surface area contributed by atoms with Crippen LogP contribution < -0.4 is 15.4 Å². The lowest BCUT2D eigenvalue weighted by Crippen LogP contribution is -2.33. The van der Waals surface area contributed by atoms with Crippen LogP contribution in [0.1, 0.15) is 25.0 Å². The number of halogens is 1. The van der Waals surface area contributed by atoms with E-state index in [1.807, 2.05) is 18.2 Å². The van der Waals surface area contributed by atoms with Gasteiger partial charge >= 0.3 is 0 Å². The molecule has 198 valence electrons. The zero-order valence-electron chi connectivity index (χ0n) is 20.9. The summed E-state index contributed by atoms with van der Waals surface area (Å²) in [4.78, 5) is 23.5. The van der Waals surface area contributed by atoms with Gasteiger partial charge in [-0.15, -0.1) is 0 Å². The van der Waals surface area contributed by atoms with Gasteiger partial charge in [-0.25, -0.2) is 14.4 Å². The normalized spacial score (nSPS) is 15.6. The van der Waals surface area contributed by atoms with Gasteiger partial charge in [-0.3, -0.25) is 14.8 Å². The predicted octanol–water partition coefficient (Wildman–Crippen LogP) is 3.64. The van der Waals surface area contributed by atoms with E-state index in [0.717, 1.165) is 49.0 Å². The lowest BCUT2D eigenvalue weighted by Gasteiger charge is -2.22. The maximum absolute atomic E-state index is 13.3. The number of benzene rings is 2. The molecule has 0 radical (unpaired) electrons. The van der Waals surface area contributed by atoms with Crippen LogP contribution in [0.15, 0.2) is 54.7 Å². The van der Waals surface area contributed by atoms with Crippen LogP contribution in [-0.2, 0) is 11.2 Å². The minimum atomic E-state index is -0.417. The van der Waals surface area contributed by atoms with Crippen molar-refractivity contribution in [2.45, 2.75) is 31.7 Å². The van der Waals surface area contributed by atoms with Crippen molar-refractivity contribution in [2.24, 2.45) is 0 Å². The zero-order chi connectivity index (χ0) is 26.3. The summed E-state index contributed by atoms with van der Waals surface area (Å²) in [7, 11) is 0. The Morgan fingerprint density at radius 1 is 1.24 bits per heavy atom. The molecule has 1 saturated heterocycles. The Kier molecular flexibility index (Phi) is 8.05. The molecule has 11 heteroatoms. The summed E-state index contributed by atoms with van der Waals surface area (Å²) < 4.78 is 19.3. The molecule has 0 unspecified atom stereocenters. The molecule has 0 spiro atoms. The van der Waals surface area contributed by atoms with E-state index in [2.05, 4.69) is 35.7 Å². The Hall–Kier alpha value is -4.09. The number of rotatable bonds is 11. The number of anilines is 3. The number of amides is 1. The summed E-state index contributed by atoms with van der Waals surface area (Å²) in [6.07, 6.45) is 4.84. The molecule has 3 heterocycles. The molecule has 1 atom stereocenters. The van der Waals surface area contributed by atoms with E-state index in [4.69, 9.17) is 4.74 Å². The largest absolute Gasteiger partial charge is 0.493 e. The van der Waals surface area contributed by atoms with Gasteiger partial charge in [0.15, 0.2) is 5.82 Å². The molecule has 0 aliphatic carbocycles. The highest BCUT2D eigenvalue weighted by atomic mass is 19.1. The van der Waals surface area contributed by atoms with E-state index in [9.17, 15) is 14.3 Å². The topological polar surface area (TPSA) is 128 Å². The van der Waals surface area contributed by atoms with Gasteiger partial charge in [-0.1, -0.05) is 6.07 Å². The van der Waals surface area contributed by atoms with Crippen molar-refractivity contribution in [3.8, 4) is 5.75 Å². The third kappa shape index (κ3) is 6.61. The third-order valence-corrected chi connectivity index (χ3v) is 6.45. The highest BCUT2D eigenvalue weighted by Gasteiger charge is 2.22. The number of ether oxygens (including phenoxy) is 1.